The summed E-state index contributed by atoms with van der Waals surface area (Å²) in [5.41, 5.74) is 12.4. The van der Waals surface area contributed by atoms with Gasteiger partial charge in [-0.05, 0) is 51.6 Å². The molecule has 0 saturated carbocycles. The van der Waals surface area contributed by atoms with E-state index in [1.54, 1.807) is 0 Å². The van der Waals surface area contributed by atoms with Crippen LogP contribution in [0.1, 0.15) is 28.4 Å². The minimum absolute atomic E-state index is 0.265. The molecule has 0 radical (unpaired) electrons. The van der Waals surface area contributed by atoms with Gasteiger partial charge in [-0.2, -0.15) is 0 Å². The van der Waals surface area contributed by atoms with Crippen LogP contribution in [0.4, 0.5) is 0 Å². The number of nitrogens with one attached hydrogen (secondary N) is 1. The Bertz CT molecular complexity index is 567. The highest BCUT2D eigenvalue weighted by Gasteiger charge is 2.20. The van der Waals surface area contributed by atoms with Gasteiger partial charge in [0.25, 0.3) is 0 Å². The van der Waals surface area contributed by atoms with Crippen molar-refractivity contribution in [3.05, 3.63) is 34.5 Å². The van der Waals surface area contributed by atoms with E-state index in [2.05, 4.69) is 56.9 Å². The van der Waals surface area contributed by atoms with Crippen LogP contribution in [0.2, 0.25) is 0 Å². The number of aromatic nitrogens is 1. The zero-order valence-corrected chi connectivity index (χ0v) is 12.0. The second kappa shape index (κ2) is 4.75. The summed E-state index contributed by atoms with van der Waals surface area (Å²) in [6.45, 7) is 7.09. The summed E-state index contributed by atoms with van der Waals surface area (Å²) >= 11 is 0. The molecular formula is C15H23N3. The average Bonchev–Trinajstić information content (AvgIpc) is 2.63. The van der Waals surface area contributed by atoms with Crippen LogP contribution in [0.5, 0.6) is 0 Å². The molecule has 0 fully saturated rings. The van der Waals surface area contributed by atoms with Gasteiger partial charge in [0.15, 0.2) is 0 Å². The van der Waals surface area contributed by atoms with Gasteiger partial charge in [-0.15, -0.1) is 0 Å². The molecule has 0 amide bonds. The summed E-state index contributed by atoms with van der Waals surface area (Å²) in [6, 6.07) is 4.67. The SMILES string of the molecule is Cc1ccc2c(C(CN)N(C)C)c(C)[nH]c2c1C. The average molecular weight is 245 g/mol. The Kier molecular flexibility index (Phi) is 3.46. The number of fused-ring (bicyclic) bond motifs is 1. The number of rotatable bonds is 3. The first-order chi connectivity index (χ1) is 8.47. The molecule has 3 heteroatoms. The maximum absolute atomic E-state index is 5.94. The van der Waals surface area contributed by atoms with E-state index in [4.69, 9.17) is 5.73 Å². The summed E-state index contributed by atoms with van der Waals surface area (Å²) in [5.74, 6) is 0. The molecule has 1 aromatic carbocycles. The van der Waals surface area contributed by atoms with Gasteiger partial charge in [0.2, 0.25) is 0 Å². The van der Waals surface area contributed by atoms with E-state index < -0.39 is 0 Å². The topological polar surface area (TPSA) is 45.0 Å². The highest BCUT2D eigenvalue weighted by Crippen LogP contribution is 2.32. The third-order valence-electron chi connectivity index (χ3n) is 3.92. The molecule has 1 atom stereocenters. The van der Waals surface area contributed by atoms with Crippen molar-refractivity contribution in [3.8, 4) is 0 Å². The first kappa shape index (κ1) is 13.1. The molecule has 3 nitrogen and oxygen atoms in total. The summed E-state index contributed by atoms with van der Waals surface area (Å²) in [7, 11) is 4.16. The van der Waals surface area contributed by atoms with Crippen molar-refractivity contribution >= 4 is 10.9 Å². The summed E-state index contributed by atoms with van der Waals surface area (Å²) in [5, 5.41) is 1.31. The van der Waals surface area contributed by atoms with Crippen molar-refractivity contribution in [2.24, 2.45) is 5.73 Å². The molecule has 0 saturated heterocycles. The van der Waals surface area contributed by atoms with Gasteiger partial charge < -0.3 is 15.6 Å². The van der Waals surface area contributed by atoms with E-state index in [0.717, 1.165) is 0 Å². The number of likely N-dealkylation sites (N-methyl/N-ethyl adjacent to an activating group) is 1. The van der Waals surface area contributed by atoms with Crippen LogP contribution in [0, 0.1) is 20.8 Å². The number of hydrogen-bond donors (Lipinski definition) is 2. The van der Waals surface area contributed by atoms with Gasteiger partial charge in [-0.3, -0.25) is 0 Å². The zero-order valence-electron chi connectivity index (χ0n) is 12.0. The van der Waals surface area contributed by atoms with Crippen LogP contribution >= 0.6 is 0 Å². The van der Waals surface area contributed by atoms with E-state index in [1.807, 2.05) is 0 Å². The monoisotopic (exact) mass is 245 g/mol. The number of aromatic amines is 1. The Morgan fingerprint density at radius 3 is 2.44 bits per heavy atom. The third-order valence-corrected chi connectivity index (χ3v) is 3.92. The maximum Gasteiger partial charge on any atom is 0.0491 e. The van der Waals surface area contributed by atoms with Gasteiger partial charge >= 0.3 is 0 Å². The van der Waals surface area contributed by atoms with Crippen LogP contribution in [0.25, 0.3) is 10.9 Å². The van der Waals surface area contributed by atoms with E-state index >= 15 is 0 Å². The molecule has 0 aliphatic heterocycles. The smallest absolute Gasteiger partial charge is 0.0491 e. The molecule has 1 heterocycles. The Labute approximate surface area is 109 Å². The molecule has 1 aromatic heterocycles. The van der Waals surface area contributed by atoms with Crippen molar-refractivity contribution in [3.63, 3.8) is 0 Å². The van der Waals surface area contributed by atoms with Crippen molar-refractivity contribution in [2.45, 2.75) is 26.8 Å². The second-order valence-electron chi connectivity index (χ2n) is 5.31. The normalized spacial score (nSPS) is 13.5. The maximum atomic E-state index is 5.94. The lowest BCUT2D eigenvalue weighted by molar-refractivity contribution is 0.307. The predicted molar refractivity (Wildman–Crippen MR) is 78.0 cm³/mol. The molecule has 0 spiro atoms. The standard InChI is InChI=1S/C15H23N3/c1-9-6-7-12-14(13(8-16)18(4)5)11(3)17-15(12)10(9)2/h6-7,13,17H,8,16H2,1-5H3. The van der Waals surface area contributed by atoms with Gasteiger partial charge in [0, 0.05) is 29.2 Å². The first-order valence-electron chi connectivity index (χ1n) is 6.42. The number of hydrogen-bond acceptors (Lipinski definition) is 2. The molecule has 18 heavy (non-hydrogen) atoms. The minimum Gasteiger partial charge on any atom is -0.358 e. The molecule has 3 N–H and O–H groups in total. The van der Waals surface area contributed by atoms with E-state index in [9.17, 15) is 0 Å². The lowest BCUT2D eigenvalue weighted by Crippen LogP contribution is -2.27. The zero-order chi connectivity index (χ0) is 13.4. The molecule has 1 unspecified atom stereocenters. The van der Waals surface area contributed by atoms with Crippen LogP contribution in [-0.2, 0) is 0 Å². The fourth-order valence-electron chi connectivity index (χ4n) is 2.67. The minimum atomic E-state index is 0.265. The largest absolute Gasteiger partial charge is 0.358 e. The van der Waals surface area contributed by atoms with Crippen molar-refractivity contribution in [1.82, 2.24) is 9.88 Å². The number of benzene rings is 1. The number of nitrogens with two attached hydrogens (primary N) is 1. The Hall–Kier alpha value is -1.32. The molecule has 0 aliphatic carbocycles. The van der Waals surface area contributed by atoms with Gasteiger partial charge in [0.05, 0.1) is 0 Å². The Balaban J connectivity index is 2.72. The third kappa shape index (κ3) is 1.93. The van der Waals surface area contributed by atoms with E-state index in [0.29, 0.717) is 6.54 Å². The highest BCUT2D eigenvalue weighted by atomic mass is 15.1. The van der Waals surface area contributed by atoms with Crippen LogP contribution < -0.4 is 5.73 Å². The van der Waals surface area contributed by atoms with Crippen molar-refractivity contribution < 1.29 is 0 Å². The first-order valence-corrected chi connectivity index (χ1v) is 6.42. The molecular weight excluding hydrogens is 222 g/mol. The second-order valence-corrected chi connectivity index (χ2v) is 5.31. The molecule has 0 bridgehead atoms. The van der Waals surface area contributed by atoms with Gasteiger partial charge in [-0.1, -0.05) is 12.1 Å². The van der Waals surface area contributed by atoms with Crippen molar-refractivity contribution in [1.29, 1.82) is 0 Å². The van der Waals surface area contributed by atoms with Crippen LogP contribution in [0.15, 0.2) is 12.1 Å². The number of H-pyrrole nitrogens is 1. The fraction of sp³-hybridized carbons (Fsp3) is 0.467. The summed E-state index contributed by atoms with van der Waals surface area (Å²) < 4.78 is 0. The highest BCUT2D eigenvalue weighted by molar-refractivity contribution is 5.88. The van der Waals surface area contributed by atoms with Crippen LogP contribution in [-0.4, -0.2) is 30.5 Å². The molecule has 2 aromatic rings. The summed E-state index contributed by atoms with van der Waals surface area (Å²) in [4.78, 5) is 5.71. The molecule has 2 rings (SSSR count). The lowest BCUT2D eigenvalue weighted by Gasteiger charge is -2.23. The quantitative estimate of drug-likeness (QED) is 0.873. The summed E-state index contributed by atoms with van der Waals surface area (Å²) in [6.07, 6.45) is 0. The van der Waals surface area contributed by atoms with Gasteiger partial charge in [-0.25, -0.2) is 0 Å². The fourth-order valence-corrected chi connectivity index (χ4v) is 2.67. The lowest BCUT2D eigenvalue weighted by atomic mass is 9.99. The number of nitrogens with zero attached hydrogens (tertiary/aromatic N) is 1. The van der Waals surface area contributed by atoms with E-state index in [-0.39, 0.29) is 6.04 Å². The Morgan fingerprint density at radius 2 is 1.89 bits per heavy atom. The molecule has 0 aliphatic rings. The molecule has 98 valence electrons. The Morgan fingerprint density at radius 1 is 1.22 bits per heavy atom. The number of aryl methyl sites for hydroxylation is 3. The van der Waals surface area contributed by atoms with Crippen LogP contribution in [0.3, 0.4) is 0 Å². The predicted octanol–water partition coefficient (Wildman–Crippen LogP) is 2.65. The van der Waals surface area contributed by atoms with E-state index in [1.165, 1.54) is 33.3 Å². The van der Waals surface area contributed by atoms with Crippen molar-refractivity contribution in [2.75, 3.05) is 20.6 Å². The van der Waals surface area contributed by atoms with Gasteiger partial charge in [0.1, 0.15) is 0 Å².